The third-order valence-electron chi connectivity index (χ3n) is 4.64. The first-order valence-electron chi connectivity index (χ1n) is 9.67. The van der Waals surface area contributed by atoms with E-state index in [1.807, 2.05) is 59.2 Å². The first-order chi connectivity index (χ1) is 14.7. The van der Waals surface area contributed by atoms with E-state index in [2.05, 4.69) is 43.0 Å². The Morgan fingerprint density at radius 3 is 2.53 bits per heavy atom. The Labute approximate surface area is 193 Å². The Morgan fingerprint density at radius 2 is 1.80 bits per heavy atom. The van der Waals surface area contributed by atoms with Crippen LogP contribution in [0.5, 0.6) is 0 Å². The number of rotatable bonds is 7. The summed E-state index contributed by atoms with van der Waals surface area (Å²) in [6, 6.07) is 17.8. The maximum Gasteiger partial charge on any atom is 0.234 e. The quantitative estimate of drug-likeness (QED) is 0.370. The molecule has 9 heteroatoms. The monoisotopic (exact) mass is 535 g/mol. The molecule has 1 amide bonds. The number of ether oxygens (including phenoxy) is 1. The van der Waals surface area contributed by atoms with E-state index in [1.165, 1.54) is 11.8 Å². The molecule has 1 saturated heterocycles. The first kappa shape index (κ1) is 21.3. The molecule has 0 saturated carbocycles. The fourth-order valence-corrected chi connectivity index (χ4v) is 4.28. The molecular weight excluding hydrogens is 513 g/mol. The number of hydrogen-bond donors (Lipinski definition) is 1. The second kappa shape index (κ2) is 10.4. The number of para-hydroxylation sites is 1. The molecule has 1 aromatic heterocycles. The Hall–Kier alpha value is -1.95. The van der Waals surface area contributed by atoms with E-state index < -0.39 is 0 Å². The number of nitrogens with one attached hydrogen (secondary N) is 1. The third-order valence-corrected chi connectivity index (χ3v) is 6.29. The second-order valence-electron chi connectivity index (χ2n) is 6.80. The Balaban J connectivity index is 1.47. The number of hydrogen-bond acceptors (Lipinski definition) is 6. The van der Waals surface area contributed by atoms with Crippen molar-refractivity contribution < 1.29 is 9.53 Å². The minimum absolute atomic E-state index is 0.0708. The van der Waals surface area contributed by atoms with Crippen LogP contribution < -0.4 is 5.32 Å². The summed E-state index contributed by atoms with van der Waals surface area (Å²) in [5.74, 6) is 1.05. The molecule has 2 aromatic carbocycles. The van der Waals surface area contributed by atoms with E-state index in [-0.39, 0.29) is 11.7 Å². The lowest BCUT2D eigenvalue weighted by molar-refractivity contribution is -0.113. The number of morpholine rings is 1. The van der Waals surface area contributed by atoms with E-state index in [9.17, 15) is 4.79 Å². The predicted octanol–water partition coefficient (Wildman–Crippen LogP) is 3.43. The van der Waals surface area contributed by atoms with Crippen molar-refractivity contribution in [3.05, 3.63) is 64.0 Å². The summed E-state index contributed by atoms with van der Waals surface area (Å²) in [5, 5.41) is 12.5. The highest BCUT2D eigenvalue weighted by atomic mass is 127. The Bertz CT molecular complexity index is 975. The van der Waals surface area contributed by atoms with E-state index in [1.54, 1.807) is 0 Å². The number of thioether (sulfide) groups is 1. The molecule has 0 radical (unpaired) electrons. The highest BCUT2D eigenvalue weighted by molar-refractivity contribution is 14.1. The predicted molar refractivity (Wildman–Crippen MR) is 126 cm³/mol. The van der Waals surface area contributed by atoms with Crippen LogP contribution in [-0.4, -0.2) is 57.6 Å². The van der Waals surface area contributed by atoms with Crippen LogP contribution in [0, 0.1) is 3.57 Å². The smallest absolute Gasteiger partial charge is 0.234 e. The summed E-state index contributed by atoms with van der Waals surface area (Å²) in [6.07, 6.45) is 0. The van der Waals surface area contributed by atoms with Crippen LogP contribution in [0.25, 0.3) is 5.69 Å². The number of carbonyl (C=O) groups excluding carboxylic acids is 1. The number of anilines is 1. The highest BCUT2D eigenvalue weighted by Crippen LogP contribution is 2.23. The average molecular weight is 535 g/mol. The largest absolute Gasteiger partial charge is 0.379 e. The Kier molecular flexibility index (Phi) is 7.37. The van der Waals surface area contributed by atoms with Gasteiger partial charge in [-0.1, -0.05) is 30.0 Å². The van der Waals surface area contributed by atoms with Gasteiger partial charge in [0.05, 0.1) is 25.5 Å². The van der Waals surface area contributed by atoms with E-state index in [4.69, 9.17) is 4.74 Å². The summed E-state index contributed by atoms with van der Waals surface area (Å²) in [5.41, 5.74) is 1.78. The molecule has 1 aliphatic heterocycles. The normalized spacial score (nSPS) is 14.6. The van der Waals surface area contributed by atoms with Crippen molar-refractivity contribution >= 4 is 45.9 Å². The zero-order valence-corrected chi connectivity index (χ0v) is 19.3. The molecular formula is C21H22IN5O2S. The van der Waals surface area contributed by atoms with Gasteiger partial charge in [0.25, 0.3) is 0 Å². The minimum Gasteiger partial charge on any atom is -0.379 e. The topological polar surface area (TPSA) is 72.3 Å². The van der Waals surface area contributed by atoms with Gasteiger partial charge in [0.2, 0.25) is 5.91 Å². The standard InChI is InChI=1S/C21H22IN5O2S/c22-16-6-8-17(9-7-16)23-20(28)15-30-21-25-24-19(14-26-10-12-29-13-11-26)27(21)18-4-2-1-3-5-18/h1-9H,10-15H2,(H,23,28). The molecule has 3 aromatic rings. The van der Waals surface area contributed by atoms with Crippen molar-refractivity contribution in [3.63, 3.8) is 0 Å². The molecule has 4 rings (SSSR count). The van der Waals surface area contributed by atoms with Gasteiger partial charge in [-0.3, -0.25) is 14.3 Å². The van der Waals surface area contributed by atoms with Crippen LogP contribution in [0.1, 0.15) is 5.82 Å². The van der Waals surface area contributed by atoms with Gasteiger partial charge in [0.1, 0.15) is 0 Å². The van der Waals surface area contributed by atoms with E-state index >= 15 is 0 Å². The molecule has 0 spiro atoms. The molecule has 0 unspecified atom stereocenters. The van der Waals surface area contributed by atoms with Crippen molar-refractivity contribution in [2.24, 2.45) is 0 Å². The van der Waals surface area contributed by atoms with Crippen LogP contribution in [0.4, 0.5) is 5.69 Å². The molecule has 1 N–H and O–H groups in total. The fourth-order valence-electron chi connectivity index (χ4n) is 3.15. The van der Waals surface area contributed by atoms with Gasteiger partial charge in [0, 0.05) is 28.0 Å². The van der Waals surface area contributed by atoms with Gasteiger partial charge in [-0.15, -0.1) is 10.2 Å². The van der Waals surface area contributed by atoms with Crippen LogP contribution in [0.3, 0.4) is 0 Å². The maximum atomic E-state index is 12.4. The summed E-state index contributed by atoms with van der Waals surface area (Å²) in [4.78, 5) is 14.7. The molecule has 0 bridgehead atoms. The number of aromatic nitrogens is 3. The maximum absolute atomic E-state index is 12.4. The number of carbonyl (C=O) groups is 1. The molecule has 2 heterocycles. The lowest BCUT2D eigenvalue weighted by Crippen LogP contribution is -2.36. The van der Waals surface area contributed by atoms with Gasteiger partial charge in [-0.25, -0.2) is 0 Å². The Morgan fingerprint density at radius 1 is 1.07 bits per heavy atom. The van der Waals surface area contributed by atoms with Crippen molar-refractivity contribution in [2.75, 3.05) is 37.4 Å². The molecule has 30 heavy (non-hydrogen) atoms. The summed E-state index contributed by atoms with van der Waals surface area (Å²) >= 11 is 3.63. The average Bonchev–Trinajstić information content (AvgIpc) is 3.17. The number of nitrogens with zero attached hydrogens (tertiary/aromatic N) is 4. The van der Waals surface area contributed by atoms with Crippen LogP contribution in [0.2, 0.25) is 0 Å². The number of benzene rings is 2. The van der Waals surface area contributed by atoms with Crippen molar-refractivity contribution in [2.45, 2.75) is 11.7 Å². The van der Waals surface area contributed by atoms with Crippen molar-refractivity contribution in [1.82, 2.24) is 19.7 Å². The summed E-state index contributed by atoms with van der Waals surface area (Å²) in [7, 11) is 0. The molecule has 1 aliphatic rings. The summed E-state index contributed by atoms with van der Waals surface area (Å²) in [6.45, 7) is 3.92. The SMILES string of the molecule is O=C(CSc1nnc(CN2CCOCC2)n1-c1ccccc1)Nc1ccc(I)cc1. The molecule has 0 aliphatic carbocycles. The first-order valence-corrected chi connectivity index (χ1v) is 11.7. The van der Waals surface area contributed by atoms with Gasteiger partial charge >= 0.3 is 0 Å². The van der Waals surface area contributed by atoms with E-state index in [0.29, 0.717) is 11.7 Å². The van der Waals surface area contributed by atoms with Gasteiger partial charge in [-0.2, -0.15) is 0 Å². The van der Waals surface area contributed by atoms with Crippen LogP contribution in [-0.2, 0) is 16.1 Å². The molecule has 156 valence electrons. The van der Waals surface area contributed by atoms with Gasteiger partial charge in [-0.05, 0) is 59.0 Å². The van der Waals surface area contributed by atoms with Crippen molar-refractivity contribution in [1.29, 1.82) is 0 Å². The van der Waals surface area contributed by atoms with Crippen LogP contribution >= 0.6 is 34.4 Å². The minimum atomic E-state index is -0.0708. The zero-order chi connectivity index (χ0) is 20.8. The molecule has 7 nitrogen and oxygen atoms in total. The number of amides is 1. The van der Waals surface area contributed by atoms with Crippen molar-refractivity contribution in [3.8, 4) is 5.69 Å². The van der Waals surface area contributed by atoms with E-state index in [0.717, 1.165) is 47.1 Å². The zero-order valence-electron chi connectivity index (χ0n) is 16.3. The summed E-state index contributed by atoms with van der Waals surface area (Å²) < 4.78 is 8.61. The fraction of sp³-hybridized carbons (Fsp3) is 0.286. The molecule has 1 fully saturated rings. The lowest BCUT2D eigenvalue weighted by atomic mass is 10.3. The second-order valence-corrected chi connectivity index (χ2v) is 8.99. The lowest BCUT2D eigenvalue weighted by Gasteiger charge is -2.26. The highest BCUT2D eigenvalue weighted by Gasteiger charge is 2.19. The number of halogens is 1. The van der Waals surface area contributed by atoms with Crippen LogP contribution in [0.15, 0.2) is 59.8 Å². The third kappa shape index (κ3) is 5.60. The van der Waals surface area contributed by atoms with Gasteiger partial charge < -0.3 is 10.1 Å². The van der Waals surface area contributed by atoms with Gasteiger partial charge in [0.15, 0.2) is 11.0 Å². The molecule has 0 atom stereocenters.